The number of aromatic nitrogens is 1. The van der Waals surface area contributed by atoms with Gasteiger partial charge in [0, 0.05) is 6.20 Å². The number of pyridine rings is 1. The Balaban J connectivity index is 2.90. The maximum atomic E-state index is 5.79. The van der Waals surface area contributed by atoms with Gasteiger partial charge in [0.05, 0.1) is 5.02 Å². The lowest BCUT2D eigenvalue weighted by Gasteiger charge is -2.04. The Hall–Kier alpha value is -0.570. The number of hydrogen-bond acceptors (Lipinski definition) is 2. The van der Waals surface area contributed by atoms with Crippen molar-refractivity contribution in [3.05, 3.63) is 34.6 Å². The highest BCUT2D eigenvalue weighted by Gasteiger charge is 2.03. The van der Waals surface area contributed by atoms with Crippen molar-refractivity contribution in [1.82, 2.24) is 4.98 Å². The van der Waals surface area contributed by atoms with Crippen LogP contribution >= 0.6 is 23.2 Å². The first-order chi connectivity index (χ1) is 6.15. The van der Waals surface area contributed by atoms with Crippen LogP contribution in [-0.2, 0) is 0 Å². The highest BCUT2D eigenvalue weighted by Crippen LogP contribution is 2.23. The largest absolute Gasteiger partial charge is 0.330 e. The lowest BCUT2D eigenvalue weighted by atomic mass is 10.1. The third kappa shape index (κ3) is 2.69. The van der Waals surface area contributed by atoms with Gasteiger partial charge in [-0.1, -0.05) is 29.8 Å². The topological polar surface area (TPSA) is 38.9 Å². The normalized spacial score (nSPS) is 10.1. The van der Waals surface area contributed by atoms with E-state index < -0.39 is 0 Å². The highest BCUT2D eigenvalue weighted by atomic mass is 35.5. The predicted molar refractivity (Wildman–Crippen MR) is 57.0 cm³/mol. The van der Waals surface area contributed by atoms with Crippen LogP contribution in [0.25, 0.3) is 5.57 Å². The summed E-state index contributed by atoms with van der Waals surface area (Å²) in [4.78, 5) is 3.91. The van der Waals surface area contributed by atoms with Gasteiger partial charge in [-0.05, 0) is 30.2 Å². The zero-order valence-electron chi connectivity index (χ0n) is 7.06. The number of hydrogen-bond donors (Lipinski definition) is 1. The van der Waals surface area contributed by atoms with Crippen molar-refractivity contribution < 1.29 is 0 Å². The van der Waals surface area contributed by atoms with Crippen LogP contribution in [0.5, 0.6) is 0 Å². The van der Waals surface area contributed by atoms with E-state index >= 15 is 0 Å². The second-order valence-electron chi connectivity index (χ2n) is 2.64. The molecule has 4 heteroatoms. The molecule has 0 saturated heterocycles. The molecule has 1 heterocycles. The van der Waals surface area contributed by atoms with E-state index in [9.17, 15) is 0 Å². The molecule has 0 aliphatic carbocycles. The van der Waals surface area contributed by atoms with E-state index in [1.807, 2.05) is 0 Å². The maximum absolute atomic E-state index is 5.79. The number of nitrogens with two attached hydrogens (primary N) is 1. The number of rotatable bonds is 3. The van der Waals surface area contributed by atoms with Gasteiger partial charge in [-0.2, -0.15) is 0 Å². The zero-order valence-corrected chi connectivity index (χ0v) is 8.57. The van der Waals surface area contributed by atoms with Crippen molar-refractivity contribution in [1.29, 1.82) is 0 Å². The van der Waals surface area contributed by atoms with Crippen molar-refractivity contribution in [2.75, 3.05) is 6.54 Å². The van der Waals surface area contributed by atoms with E-state index in [2.05, 4.69) is 11.6 Å². The fourth-order valence-corrected chi connectivity index (χ4v) is 1.20. The Kier molecular flexibility index (Phi) is 3.72. The Bertz CT molecular complexity index is 323. The van der Waals surface area contributed by atoms with Crippen molar-refractivity contribution in [3.63, 3.8) is 0 Å². The fraction of sp³-hybridized carbons (Fsp3) is 0.222. The standard InChI is InChI=1S/C9H10Cl2N2/c1-6(2-3-12)7-4-8(10)9(11)13-5-7/h4-5H,1-3,12H2. The summed E-state index contributed by atoms with van der Waals surface area (Å²) in [6.07, 6.45) is 2.38. The van der Waals surface area contributed by atoms with Crippen LogP contribution < -0.4 is 5.73 Å². The zero-order chi connectivity index (χ0) is 9.84. The summed E-state index contributed by atoms with van der Waals surface area (Å²) in [7, 11) is 0. The molecule has 1 aromatic rings. The van der Waals surface area contributed by atoms with Gasteiger partial charge in [0.1, 0.15) is 5.15 Å². The summed E-state index contributed by atoms with van der Waals surface area (Å²) >= 11 is 11.5. The molecule has 0 radical (unpaired) electrons. The van der Waals surface area contributed by atoms with Gasteiger partial charge in [0.15, 0.2) is 0 Å². The Morgan fingerprint density at radius 3 is 2.77 bits per heavy atom. The van der Waals surface area contributed by atoms with E-state index in [1.165, 1.54) is 0 Å². The van der Waals surface area contributed by atoms with Crippen LogP contribution in [-0.4, -0.2) is 11.5 Å². The lowest BCUT2D eigenvalue weighted by Crippen LogP contribution is -1.99. The van der Waals surface area contributed by atoms with Crippen molar-refractivity contribution in [2.24, 2.45) is 5.73 Å². The van der Waals surface area contributed by atoms with E-state index in [-0.39, 0.29) is 0 Å². The van der Waals surface area contributed by atoms with Crippen molar-refractivity contribution in [3.8, 4) is 0 Å². The van der Waals surface area contributed by atoms with Crippen molar-refractivity contribution >= 4 is 28.8 Å². The minimum Gasteiger partial charge on any atom is -0.330 e. The molecule has 0 aromatic carbocycles. The summed E-state index contributed by atoms with van der Waals surface area (Å²) in [5.41, 5.74) is 7.21. The molecule has 0 amide bonds. The monoisotopic (exact) mass is 216 g/mol. The van der Waals surface area contributed by atoms with Crippen LogP contribution in [0.4, 0.5) is 0 Å². The number of nitrogens with zero attached hydrogens (tertiary/aromatic N) is 1. The minimum atomic E-state index is 0.311. The van der Waals surface area contributed by atoms with Crippen LogP contribution in [0.3, 0.4) is 0 Å². The van der Waals surface area contributed by atoms with E-state index in [1.54, 1.807) is 12.3 Å². The summed E-state index contributed by atoms with van der Waals surface area (Å²) in [6, 6.07) is 1.74. The van der Waals surface area contributed by atoms with Crippen LogP contribution in [0.1, 0.15) is 12.0 Å². The molecule has 0 atom stereocenters. The molecule has 0 spiro atoms. The van der Waals surface area contributed by atoms with Crippen molar-refractivity contribution in [2.45, 2.75) is 6.42 Å². The third-order valence-corrected chi connectivity index (χ3v) is 2.34. The Labute approximate surface area is 87.4 Å². The molecule has 0 bridgehead atoms. The van der Waals surface area contributed by atoms with Gasteiger partial charge in [-0.15, -0.1) is 0 Å². The maximum Gasteiger partial charge on any atom is 0.147 e. The Morgan fingerprint density at radius 1 is 1.54 bits per heavy atom. The van der Waals surface area contributed by atoms with E-state index in [4.69, 9.17) is 28.9 Å². The van der Waals surface area contributed by atoms with E-state index in [0.717, 1.165) is 17.6 Å². The first kappa shape index (κ1) is 10.5. The molecule has 0 saturated carbocycles. The first-order valence-electron chi connectivity index (χ1n) is 3.84. The molecule has 0 unspecified atom stereocenters. The highest BCUT2D eigenvalue weighted by molar-refractivity contribution is 6.41. The number of halogens is 2. The van der Waals surface area contributed by atoms with Gasteiger partial charge in [0.25, 0.3) is 0 Å². The molecule has 70 valence electrons. The Morgan fingerprint density at radius 2 is 2.23 bits per heavy atom. The van der Waals surface area contributed by atoms with E-state index in [0.29, 0.717) is 16.7 Å². The summed E-state index contributed by atoms with van der Waals surface area (Å²) < 4.78 is 0. The minimum absolute atomic E-state index is 0.311. The van der Waals surface area contributed by atoms with Gasteiger partial charge in [-0.3, -0.25) is 0 Å². The molecule has 0 aliphatic rings. The predicted octanol–water partition coefficient (Wildman–Crippen LogP) is 2.75. The van der Waals surface area contributed by atoms with Gasteiger partial charge >= 0.3 is 0 Å². The molecule has 0 aliphatic heterocycles. The molecule has 2 nitrogen and oxygen atoms in total. The molecular weight excluding hydrogens is 207 g/mol. The average molecular weight is 217 g/mol. The summed E-state index contributed by atoms with van der Waals surface area (Å²) in [5.74, 6) is 0. The average Bonchev–Trinajstić information content (AvgIpc) is 2.10. The molecule has 1 rings (SSSR count). The fourth-order valence-electron chi connectivity index (χ4n) is 0.933. The van der Waals surface area contributed by atoms with Gasteiger partial charge in [0.2, 0.25) is 0 Å². The molecule has 1 aromatic heterocycles. The quantitative estimate of drug-likeness (QED) is 0.790. The molecule has 13 heavy (non-hydrogen) atoms. The van der Waals surface area contributed by atoms with Gasteiger partial charge in [-0.25, -0.2) is 4.98 Å². The van der Waals surface area contributed by atoms with Crippen LogP contribution in [0, 0.1) is 0 Å². The molecular formula is C9H10Cl2N2. The van der Waals surface area contributed by atoms with Crippen LogP contribution in [0.15, 0.2) is 18.8 Å². The first-order valence-corrected chi connectivity index (χ1v) is 4.60. The molecule has 0 fully saturated rings. The lowest BCUT2D eigenvalue weighted by molar-refractivity contribution is 1.02. The summed E-state index contributed by atoms with van der Waals surface area (Å²) in [6.45, 7) is 4.43. The van der Waals surface area contributed by atoms with Gasteiger partial charge < -0.3 is 5.73 Å². The smallest absolute Gasteiger partial charge is 0.147 e. The third-order valence-electron chi connectivity index (χ3n) is 1.65. The second-order valence-corrected chi connectivity index (χ2v) is 3.40. The second kappa shape index (κ2) is 4.61. The SMILES string of the molecule is C=C(CCN)c1cnc(Cl)c(Cl)c1. The van der Waals surface area contributed by atoms with Crippen LogP contribution in [0.2, 0.25) is 10.2 Å². The summed E-state index contributed by atoms with van der Waals surface area (Å²) in [5, 5.41) is 0.753. The molecule has 2 N–H and O–H groups in total.